The average Bonchev–Trinajstić information content (AvgIpc) is 2.56. The average molecular weight is 345 g/mol. The molecule has 8 heteroatoms. The van der Waals surface area contributed by atoms with Crippen molar-refractivity contribution in [2.75, 3.05) is 72.6 Å². The first-order chi connectivity index (χ1) is 11.8. The molecule has 0 radical (unpaired) electrons. The largest absolute Gasteiger partial charge is 0.379 e. The first-order valence-electron chi connectivity index (χ1n) is 8.31. The number of nitrogens with zero attached hydrogens (tertiary/aromatic N) is 3. The van der Waals surface area contributed by atoms with E-state index in [4.69, 9.17) is 29.2 Å². The predicted octanol–water partition coefficient (Wildman–Crippen LogP) is 2.74. The van der Waals surface area contributed by atoms with Crippen molar-refractivity contribution in [3.05, 3.63) is 22.6 Å². The highest BCUT2D eigenvalue weighted by molar-refractivity contribution is 4.86. The van der Waals surface area contributed by atoms with Crippen LogP contribution in [0, 0.1) is 0 Å². The van der Waals surface area contributed by atoms with Gasteiger partial charge in [-0.2, -0.15) is 0 Å². The maximum atomic E-state index is 8.09. The number of hydrogen-bond acceptors (Lipinski definition) is 6. The molecule has 0 rings (SSSR count). The van der Waals surface area contributed by atoms with E-state index in [1.54, 1.807) is 0 Å². The van der Waals surface area contributed by atoms with Crippen molar-refractivity contribution < 1.29 is 23.7 Å². The molecule has 0 fully saturated rings. The zero-order valence-electron chi connectivity index (χ0n) is 14.8. The van der Waals surface area contributed by atoms with Gasteiger partial charge in [0.25, 0.3) is 0 Å². The summed E-state index contributed by atoms with van der Waals surface area (Å²) in [6.07, 6.45) is 1.62. The Bertz CT molecular complexity index is 318. The van der Waals surface area contributed by atoms with Crippen LogP contribution in [0.3, 0.4) is 0 Å². The molecule has 0 aliphatic rings. The smallest absolute Gasteiger partial charge is 0.0701 e. The van der Waals surface area contributed by atoms with Crippen LogP contribution in [0.5, 0.6) is 0 Å². The van der Waals surface area contributed by atoms with Crippen molar-refractivity contribution in [2.45, 2.75) is 19.8 Å². The topological polar surface area (TPSA) is 94.9 Å². The van der Waals surface area contributed by atoms with Gasteiger partial charge in [0, 0.05) is 18.1 Å². The van der Waals surface area contributed by atoms with Crippen LogP contribution in [0.1, 0.15) is 19.8 Å². The van der Waals surface area contributed by atoms with Gasteiger partial charge in [-0.1, -0.05) is 10.7 Å². The number of azide groups is 1. The lowest BCUT2D eigenvalue weighted by molar-refractivity contribution is -0.0108. The van der Waals surface area contributed by atoms with Crippen LogP contribution in [0.4, 0.5) is 0 Å². The van der Waals surface area contributed by atoms with E-state index in [0.717, 1.165) is 18.4 Å². The summed E-state index contributed by atoms with van der Waals surface area (Å²) in [5.74, 6) is 0. The third kappa shape index (κ3) is 20.9. The van der Waals surface area contributed by atoms with Crippen molar-refractivity contribution in [1.29, 1.82) is 0 Å². The lowest BCUT2D eigenvalue weighted by atomic mass is 10.3. The molecule has 8 nitrogen and oxygen atoms in total. The second-order valence-corrected chi connectivity index (χ2v) is 5.08. The first kappa shape index (κ1) is 22.9. The Labute approximate surface area is 144 Å². The van der Waals surface area contributed by atoms with Crippen LogP contribution in [0.25, 0.3) is 10.4 Å². The Morgan fingerprint density at radius 2 is 1.21 bits per heavy atom. The van der Waals surface area contributed by atoms with E-state index < -0.39 is 0 Å². The fourth-order valence-electron chi connectivity index (χ4n) is 1.51. The molecule has 140 valence electrons. The summed E-state index contributed by atoms with van der Waals surface area (Å²) in [7, 11) is 0. The molecule has 0 unspecified atom stereocenters. The van der Waals surface area contributed by atoms with Crippen LogP contribution in [-0.4, -0.2) is 72.6 Å². The van der Waals surface area contributed by atoms with E-state index in [9.17, 15) is 0 Å². The van der Waals surface area contributed by atoms with Gasteiger partial charge < -0.3 is 23.7 Å². The van der Waals surface area contributed by atoms with Gasteiger partial charge in [0.05, 0.1) is 59.5 Å². The van der Waals surface area contributed by atoms with Crippen molar-refractivity contribution >= 4 is 0 Å². The quantitative estimate of drug-likeness (QED) is 0.118. The third-order valence-electron chi connectivity index (χ3n) is 2.77. The van der Waals surface area contributed by atoms with Gasteiger partial charge in [-0.15, -0.1) is 6.58 Å². The molecule has 0 heterocycles. The molecular weight excluding hydrogens is 314 g/mol. The highest BCUT2D eigenvalue weighted by atomic mass is 16.6. The van der Waals surface area contributed by atoms with E-state index in [1.807, 2.05) is 6.92 Å². The lowest BCUT2D eigenvalue weighted by Crippen LogP contribution is -2.13. The minimum absolute atomic E-state index is 0.466. The van der Waals surface area contributed by atoms with E-state index in [2.05, 4.69) is 16.6 Å². The van der Waals surface area contributed by atoms with E-state index >= 15 is 0 Å². The van der Waals surface area contributed by atoms with Gasteiger partial charge >= 0.3 is 0 Å². The van der Waals surface area contributed by atoms with E-state index in [0.29, 0.717) is 72.6 Å². The fraction of sp³-hybridized carbons (Fsp3) is 0.875. The molecule has 0 bridgehead atoms. The van der Waals surface area contributed by atoms with Crippen molar-refractivity contribution in [3.8, 4) is 0 Å². The van der Waals surface area contributed by atoms with E-state index in [-0.39, 0.29) is 0 Å². The minimum Gasteiger partial charge on any atom is -0.379 e. The molecule has 0 aromatic heterocycles. The molecule has 0 amide bonds. The standard InChI is InChI=1S/C16H31N3O5/c1-16(2)4-7-21-9-11-23-13-15-24-14-12-22-10-8-20-6-3-5-18-19-17/h1,3-15H2,2H3. The van der Waals surface area contributed by atoms with Crippen molar-refractivity contribution in [1.82, 2.24) is 0 Å². The molecule has 0 aliphatic heterocycles. The molecule has 0 N–H and O–H groups in total. The van der Waals surface area contributed by atoms with Crippen LogP contribution < -0.4 is 0 Å². The molecule has 0 aromatic rings. The molecule has 0 saturated heterocycles. The molecule has 0 atom stereocenters. The molecule has 0 aromatic carbocycles. The third-order valence-corrected chi connectivity index (χ3v) is 2.77. The Morgan fingerprint density at radius 1 is 0.792 bits per heavy atom. The summed E-state index contributed by atoms with van der Waals surface area (Å²) in [6.45, 7) is 12.0. The van der Waals surface area contributed by atoms with E-state index in [1.165, 1.54) is 0 Å². The monoisotopic (exact) mass is 345 g/mol. The Kier molecular flexibility index (Phi) is 18.9. The van der Waals surface area contributed by atoms with Gasteiger partial charge in [0.15, 0.2) is 0 Å². The second kappa shape index (κ2) is 19.9. The summed E-state index contributed by atoms with van der Waals surface area (Å²) in [6, 6.07) is 0. The van der Waals surface area contributed by atoms with Crippen molar-refractivity contribution in [2.24, 2.45) is 5.11 Å². The highest BCUT2D eigenvalue weighted by Gasteiger charge is 1.94. The van der Waals surface area contributed by atoms with Gasteiger partial charge in [-0.05, 0) is 25.3 Å². The molecule has 0 aliphatic carbocycles. The van der Waals surface area contributed by atoms with Crippen LogP contribution in [0.15, 0.2) is 17.3 Å². The Hall–Kier alpha value is -1.15. The zero-order chi connectivity index (χ0) is 17.7. The van der Waals surface area contributed by atoms with Gasteiger partial charge in [0.2, 0.25) is 0 Å². The zero-order valence-corrected chi connectivity index (χ0v) is 14.8. The Morgan fingerprint density at radius 3 is 1.62 bits per heavy atom. The molecule has 0 spiro atoms. The summed E-state index contributed by atoms with van der Waals surface area (Å²) in [5.41, 5.74) is 9.22. The first-order valence-corrected chi connectivity index (χ1v) is 8.31. The fourth-order valence-corrected chi connectivity index (χ4v) is 1.51. The molecule has 24 heavy (non-hydrogen) atoms. The maximum Gasteiger partial charge on any atom is 0.0701 e. The van der Waals surface area contributed by atoms with Gasteiger partial charge in [-0.25, -0.2) is 0 Å². The SMILES string of the molecule is C=C(C)CCOCCOCCOCCOCCOCCCN=[N+]=[N-]. The highest BCUT2D eigenvalue weighted by Crippen LogP contribution is 1.94. The van der Waals surface area contributed by atoms with Gasteiger partial charge in [0.1, 0.15) is 0 Å². The Balaban J connectivity index is 3.00. The number of ether oxygens (including phenoxy) is 5. The second-order valence-electron chi connectivity index (χ2n) is 5.08. The van der Waals surface area contributed by atoms with Crippen LogP contribution in [-0.2, 0) is 23.7 Å². The predicted molar refractivity (Wildman–Crippen MR) is 92.2 cm³/mol. The summed E-state index contributed by atoms with van der Waals surface area (Å²) in [4.78, 5) is 2.67. The summed E-state index contributed by atoms with van der Waals surface area (Å²) in [5, 5.41) is 3.42. The number of rotatable bonds is 19. The maximum absolute atomic E-state index is 8.09. The molecule has 0 saturated carbocycles. The van der Waals surface area contributed by atoms with Crippen LogP contribution >= 0.6 is 0 Å². The minimum atomic E-state index is 0.466. The van der Waals surface area contributed by atoms with Crippen LogP contribution in [0.2, 0.25) is 0 Å². The number of hydrogen-bond donors (Lipinski definition) is 0. The molecular formula is C16H31N3O5. The lowest BCUT2D eigenvalue weighted by Gasteiger charge is -2.08. The summed E-state index contributed by atoms with van der Waals surface area (Å²) >= 11 is 0. The van der Waals surface area contributed by atoms with Gasteiger partial charge in [-0.3, -0.25) is 0 Å². The van der Waals surface area contributed by atoms with Crippen molar-refractivity contribution in [3.63, 3.8) is 0 Å². The normalized spacial score (nSPS) is 10.5. The summed E-state index contributed by atoms with van der Waals surface area (Å²) < 4.78 is 26.8.